The smallest absolute Gasteiger partial charge is 0.407 e. The first-order valence-corrected chi connectivity index (χ1v) is 10.7. The van der Waals surface area contributed by atoms with E-state index in [4.69, 9.17) is 23.4 Å². The van der Waals surface area contributed by atoms with Crippen LogP contribution in [0.3, 0.4) is 0 Å². The highest BCUT2D eigenvalue weighted by Gasteiger charge is 2.64. The van der Waals surface area contributed by atoms with Crippen molar-refractivity contribution in [2.75, 3.05) is 27.1 Å². The third-order valence-electron chi connectivity index (χ3n) is 5.99. The number of ether oxygens (including phenoxy) is 4. The number of carbonyl (C=O) groups excluding carboxylic acids is 2. The Labute approximate surface area is 188 Å². The molecule has 0 saturated carbocycles. The molecule has 32 heavy (non-hydrogen) atoms. The first-order chi connectivity index (χ1) is 15.1. The molecule has 176 valence electrons. The van der Waals surface area contributed by atoms with E-state index in [1.165, 1.54) is 6.92 Å². The summed E-state index contributed by atoms with van der Waals surface area (Å²) in [5, 5.41) is 2.88. The highest BCUT2D eigenvalue weighted by molar-refractivity contribution is 5.96. The van der Waals surface area contributed by atoms with Crippen LogP contribution in [0.2, 0.25) is 0 Å². The quantitative estimate of drug-likeness (QED) is 0.448. The van der Waals surface area contributed by atoms with Crippen LogP contribution in [0.15, 0.2) is 41.1 Å². The topological polar surface area (TPSA) is 96.2 Å². The summed E-state index contributed by atoms with van der Waals surface area (Å²) in [6, 6.07) is 1.85. The first kappa shape index (κ1) is 24.2. The molecular formula is C24H33NO7. The Balaban J connectivity index is 2.08. The van der Waals surface area contributed by atoms with Crippen molar-refractivity contribution in [3.8, 4) is 0 Å². The predicted molar refractivity (Wildman–Crippen MR) is 117 cm³/mol. The van der Waals surface area contributed by atoms with Gasteiger partial charge < -0.3 is 28.7 Å². The highest BCUT2D eigenvalue weighted by Crippen LogP contribution is 2.63. The fourth-order valence-corrected chi connectivity index (χ4v) is 4.90. The lowest BCUT2D eigenvalue weighted by Crippen LogP contribution is -2.56. The number of furan rings is 1. The van der Waals surface area contributed by atoms with Gasteiger partial charge in [0, 0.05) is 31.2 Å². The van der Waals surface area contributed by atoms with Crippen LogP contribution in [0.4, 0.5) is 4.79 Å². The molecular weight excluding hydrogens is 414 g/mol. The number of nitrogens with one attached hydrogen (secondary N) is 1. The highest BCUT2D eigenvalue weighted by atomic mass is 16.7. The number of amides is 1. The van der Waals surface area contributed by atoms with Crippen molar-refractivity contribution in [2.45, 2.75) is 57.8 Å². The molecule has 3 rings (SSSR count). The van der Waals surface area contributed by atoms with Gasteiger partial charge in [0.25, 0.3) is 0 Å². The van der Waals surface area contributed by atoms with Gasteiger partial charge in [-0.25, -0.2) is 4.79 Å². The molecule has 1 heterocycles. The summed E-state index contributed by atoms with van der Waals surface area (Å²) in [6.07, 6.45) is 4.92. The number of ketones is 1. The van der Waals surface area contributed by atoms with Gasteiger partial charge in [-0.2, -0.15) is 0 Å². The van der Waals surface area contributed by atoms with Gasteiger partial charge in [-0.1, -0.05) is 12.2 Å². The summed E-state index contributed by atoms with van der Waals surface area (Å²) in [7, 11) is 1.54. The van der Waals surface area contributed by atoms with Crippen LogP contribution >= 0.6 is 0 Å². The van der Waals surface area contributed by atoms with Crippen LogP contribution in [-0.2, 0) is 29.3 Å². The number of fused-ring (bicyclic) bond motifs is 3. The van der Waals surface area contributed by atoms with Crippen molar-refractivity contribution in [3.63, 3.8) is 0 Å². The maximum Gasteiger partial charge on any atom is 0.407 e. The SMILES string of the molecule is C=CCO[C@]12CC=C(C(C)=O)[C@@]1(CNC(=O)OC(C)(C)C)C[C@@H](OCOC)c1occc12. The Morgan fingerprint density at radius 1 is 1.38 bits per heavy atom. The molecule has 0 aromatic carbocycles. The molecule has 1 aromatic rings. The Hall–Kier alpha value is -2.42. The Kier molecular flexibility index (Phi) is 6.97. The summed E-state index contributed by atoms with van der Waals surface area (Å²) < 4.78 is 28.7. The molecule has 1 aromatic heterocycles. The monoisotopic (exact) mass is 447 g/mol. The zero-order valence-corrected chi connectivity index (χ0v) is 19.5. The Morgan fingerprint density at radius 2 is 2.12 bits per heavy atom. The van der Waals surface area contributed by atoms with Crippen LogP contribution in [0.25, 0.3) is 0 Å². The lowest BCUT2D eigenvalue weighted by molar-refractivity contribution is -0.163. The molecule has 1 N–H and O–H groups in total. The van der Waals surface area contributed by atoms with E-state index in [1.807, 2.05) is 12.1 Å². The zero-order valence-electron chi connectivity index (χ0n) is 19.5. The van der Waals surface area contributed by atoms with Gasteiger partial charge in [0.1, 0.15) is 29.9 Å². The van der Waals surface area contributed by atoms with Crippen molar-refractivity contribution < 1.29 is 33.0 Å². The normalized spacial score (nSPS) is 26.7. The largest absolute Gasteiger partial charge is 0.466 e. The third kappa shape index (κ3) is 4.27. The van der Waals surface area contributed by atoms with Crippen LogP contribution in [-0.4, -0.2) is 44.5 Å². The number of carbonyl (C=O) groups is 2. The van der Waals surface area contributed by atoms with Crippen LogP contribution in [0, 0.1) is 5.41 Å². The molecule has 3 atom stereocenters. The van der Waals surface area contributed by atoms with Crippen LogP contribution in [0.5, 0.6) is 0 Å². The Bertz CT molecular complexity index is 896. The predicted octanol–water partition coefficient (Wildman–Crippen LogP) is 4.17. The number of alkyl carbamates (subject to hydrolysis) is 1. The van der Waals surface area contributed by atoms with E-state index in [1.54, 1.807) is 40.2 Å². The molecule has 0 fully saturated rings. The molecule has 8 nitrogen and oxygen atoms in total. The first-order valence-electron chi connectivity index (χ1n) is 10.7. The molecule has 0 saturated heterocycles. The van der Waals surface area contributed by atoms with Crippen molar-refractivity contribution in [2.24, 2.45) is 5.41 Å². The van der Waals surface area contributed by atoms with Crippen LogP contribution < -0.4 is 5.32 Å². The second kappa shape index (κ2) is 9.21. The lowest BCUT2D eigenvalue weighted by Gasteiger charge is -2.51. The molecule has 0 aliphatic heterocycles. The second-order valence-electron chi connectivity index (χ2n) is 9.21. The molecule has 0 spiro atoms. The fourth-order valence-electron chi connectivity index (χ4n) is 4.90. The van der Waals surface area contributed by atoms with E-state index in [-0.39, 0.29) is 25.7 Å². The maximum atomic E-state index is 12.8. The third-order valence-corrected chi connectivity index (χ3v) is 5.99. The van der Waals surface area contributed by atoms with E-state index in [2.05, 4.69) is 11.9 Å². The minimum atomic E-state index is -0.924. The number of rotatable bonds is 9. The number of methoxy groups -OCH3 is 1. The minimum Gasteiger partial charge on any atom is -0.466 e. The Morgan fingerprint density at radius 3 is 2.75 bits per heavy atom. The molecule has 0 bridgehead atoms. The minimum absolute atomic E-state index is 0.0556. The summed E-state index contributed by atoms with van der Waals surface area (Å²) in [4.78, 5) is 25.4. The standard InChI is InChI=1S/C24H33NO7/c1-7-11-31-24-10-8-17(16(2)26)23(24,14-25-21(27)32-22(3,4)5)13-19(30-15-28-6)20-18(24)9-12-29-20/h7-9,12,19H,1,10-11,13-15H2,2-6H3,(H,25,27)/t19-,23+,24+/m1/s1. The van der Waals surface area contributed by atoms with Gasteiger partial charge in [0.2, 0.25) is 0 Å². The van der Waals surface area contributed by atoms with Gasteiger partial charge in [-0.15, -0.1) is 6.58 Å². The van der Waals surface area contributed by atoms with Crippen LogP contribution in [0.1, 0.15) is 58.0 Å². The maximum absolute atomic E-state index is 12.8. The van der Waals surface area contributed by atoms with E-state index >= 15 is 0 Å². The van der Waals surface area contributed by atoms with E-state index in [0.29, 0.717) is 24.2 Å². The van der Waals surface area contributed by atoms with Crippen molar-refractivity contribution in [1.29, 1.82) is 0 Å². The molecule has 2 aliphatic rings. The average Bonchev–Trinajstić information content (AvgIpc) is 3.31. The molecule has 2 aliphatic carbocycles. The molecule has 0 unspecified atom stereocenters. The second-order valence-corrected chi connectivity index (χ2v) is 9.21. The van der Waals surface area contributed by atoms with Crippen molar-refractivity contribution in [3.05, 3.63) is 48.0 Å². The average molecular weight is 448 g/mol. The summed E-state index contributed by atoms with van der Waals surface area (Å²) in [6.45, 7) is 11.2. The molecule has 0 radical (unpaired) electrons. The number of hydrogen-bond donors (Lipinski definition) is 1. The lowest BCUT2D eigenvalue weighted by atomic mass is 9.59. The molecule has 8 heteroatoms. The van der Waals surface area contributed by atoms with E-state index in [9.17, 15) is 9.59 Å². The fraction of sp³-hybridized carbons (Fsp3) is 0.583. The van der Waals surface area contributed by atoms with Gasteiger partial charge in [0.15, 0.2) is 5.78 Å². The van der Waals surface area contributed by atoms with Gasteiger partial charge in [-0.05, 0) is 40.2 Å². The van der Waals surface area contributed by atoms with Gasteiger partial charge in [-0.3, -0.25) is 4.79 Å². The van der Waals surface area contributed by atoms with Gasteiger partial charge >= 0.3 is 6.09 Å². The summed E-state index contributed by atoms with van der Waals surface area (Å²) >= 11 is 0. The summed E-state index contributed by atoms with van der Waals surface area (Å²) in [5.74, 6) is 0.551. The number of Topliss-reactive ketones (excluding diaryl/α,β-unsaturated/α-hetero) is 1. The van der Waals surface area contributed by atoms with E-state index in [0.717, 1.165) is 5.56 Å². The van der Waals surface area contributed by atoms with E-state index < -0.39 is 28.8 Å². The zero-order chi connectivity index (χ0) is 23.6. The van der Waals surface area contributed by atoms with Crippen molar-refractivity contribution >= 4 is 11.9 Å². The number of hydrogen-bond acceptors (Lipinski definition) is 7. The van der Waals surface area contributed by atoms with Gasteiger partial charge in [0.05, 0.1) is 18.3 Å². The van der Waals surface area contributed by atoms with Crippen molar-refractivity contribution in [1.82, 2.24) is 5.32 Å². The molecule has 1 amide bonds. The summed E-state index contributed by atoms with van der Waals surface area (Å²) in [5.41, 5.74) is -1.08.